The van der Waals surface area contributed by atoms with Crippen LogP contribution in [0.1, 0.15) is 40.5 Å². The Balaban J connectivity index is 3.68. The standard InChI is InChI=1S/C12H24N2O/c1-11(2,9-13)5-7-14-10-12(3,4)6-8-15/h14-15H,5-8,10H2,1-4H3. The van der Waals surface area contributed by atoms with Crippen LogP contribution in [0.25, 0.3) is 0 Å². The van der Waals surface area contributed by atoms with Crippen molar-refractivity contribution in [2.24, 2.45) is 10.8 Å². The molecule has 0 aliphatic heterocycles. The van der Waals surface area contributed by atoms with Gasteiger partial charge in [-0.15, -0.1) is 0 Å². The summed E-state index contributed by atoms with van der Waals surface area (Å²) in [5, 5.41) is 21.0. The minimum absolute atomic E-state index is 0.130. The van der Waals surface area contributed by atoms with Gasteiger partial charge in [0.1, 0.15) is 0 Å². The van der Waals surface area contributed by atoms with Crippen LogP contribution in [-0.4, -0.2) is 24.8 Å². The molecule has 0 bridgehead atoms. The first-order valence-electron chi connectivity index (χ1n) is 5.56. The first kappa shape index (κ1) is 14.4. The van der Waals surface area contributed by atoms with Crippen molar-refractivity contribution in [2.75, 3.05) is 19.7 Å². The number of nitriles is 1. The van der Waals surface area contributed by atoms with Crippen LogP contribution in [0.3, 0.4) is 0 Å². The minimum atomic E-state index is -0.242. The van der Waals surface area contributed by atoms with Gasteiger partial charge in [-0.3, -0.25) is 0 Å². The van der Waals surface area contributed by atoms with E-state index in [-0.39, 0.29) is 17.4 Å². The Morgan fingerprint density at radius 1 is 1.20 bits per heavy atom. The topological polar surface area (TPSA) is 56.0 Å². The van der Waals surface area contributed by atoms with E-state index in [0.717, 1.165) is 25.9 Å². The third-order valence-electron chi connectivity index (χ3n) is 2.62. The van der Waals surface area contributed by atoms with E-state index in [1.165, 1.54) is 0 Å². The van der Waals surface area contributed by atoms with Crippen molar-refractivity contribution < 1.29 is 5.11 Å². The van der Waals surface area contributed by atoms with Gasteiger partial charge in [-0.25, -0.2) is 0 Å². The zero-order valence-corrected chi connectivity index (χ0v) is 10.4. The molecule has 0 aromatic carbocycles. The average molecular weight is 212 g/mol. The first-order valence-corrected chi connectivity index (χ1v) is 5.56. The van der Waals surface area contributed by atoms with Crippen LogP contribution in [0.15, 0.2) is 0 Å². The fraction of sp³-hybridized carbons (Fsp3) is 0.917. The summed E-state index contributed by atoms with van der Waals surface area (Å²) < 4.78 is 0. The lowest BCUT2D eigenvalue weighted by atomic mass is 9.88. The lowest BCUT2D eigenvalue weighted by Gasteiger charge is -2.25. The highest BCUT2D eigenvalue weighted by Gasteiger charge is 2.18. The maximum Gasteiger partial charge on any atom is 0.0684 e. The smallest absolute Gasteiger partial charge is 0.0684 e. The Morgan fingerprint density at radius 2 is 1.80 bits per heavy atom. The second-order valence-corrected chi connectivity index (χ2v) is 5.56. The summed E-state index contributed by atoms with van der Waals surface area (Å²) in [4.78, 5) is 0. The van der Waals surface area contributed by atoms with Gasteiger partial charge in [0.15, 0.2) is 0 Å². The molecule has 0 aliphatic carbocycles. The maximum absolute atomic E-state index is 8.85. The monoisotopic (exact) mass is 212 g/mol. The van der Waals surface area contributed by atoms with E-state index in [1.54, 1.807) is 0 Å². The van der Waals surface area contributed by atoms with Gasteiger partial charge >= 0.3 is 0 Å². The minimum Gasteiger partial charge on any atom is -0.396 e. The molecule has 0 radical (unpaired) electrons. The molecule has 0 fully saturated rings. The van der Waals surface area contributed by atoms with Crippen molar-refractivity contribution in [3.63, 3.8) is 0 Å². The Kier molecular flexibility index (Phi) is 5.85. The van der Waals surface area contributed by atoms with Crippen LogP contribution >= 0.6 is 0 Å². The number of nitrogens with zero attached hydrogens (tertiary/aromatic N) is 1. The SMILES string of the molecule is CC(C)(C#N)CCNCC(C)(C)CCO. The van der Waals surface area contributed by atoms with Gasteiger partial charge in [0.05, 0.1) is 11.5 Å². The van der Waals surface area contributed by atoms with E-state index in [2.05, 4.69) is 25.2 Å². The molecule has 15 heavy (non-hydrogen) atoms. The number of hydrogen-bond acceptors (Lipinski definition) is 3. The van der Waals surface area contributed by atoms with E-state index >= 15 is 0 Å². The molecule has 0 aromatic heterocycles. The van der Waals surface area contributed by atoms with Gasteiger partial charge in [0.25, 0.3) is 0 Å². The van der Waals surface area contributed by atoms with Crippen molar-refractivity contribution in [1.29, 1.82) is 5.26 Å². The van der Waals surface area contributed by atoms with Crippen LogP contribution in [0.4, 0.5) is 0 Å². The van der Waals surface area contributed by atoms with Crippen LogP contribution in [0.2, 0.25) is 0 Å². The lowest BCUT2D eigenvalue weighted by Crippen LogP contribution is -2.32. The Morgan fingerprint density at radius 3 is 2.27 bits per heavy atom. The highest BCUT2D eigenvalue weighted by molar-refractivity contribution is 4.91. The van der Waals surface area contributed by atoms with Crippen molar-refractivity contribution in [2.45, 2.75) is 40.5 Å². The molecule has 0 saturated heterocycles. The number of aliphatic hydroxyl groups is 1. The zero-order chi connectivity index (χ0) is 11.9. The Hall–Kier alpha value is -0.590. The molecule has 0 spiro atoms. The summed E-state index contributed by atoms with van der Waals surface area (Å²) in [7, 11) is 0. The van der Waals surface area contributed by atoms with Gasteiger partial charge in [-0.05, 0) is 38.6 Å². The molecule has 0 atom stereocenters. The summed E-state index contributed by atoms with van der Waals surface area (Å²) in [5.41, 5.74) is -0.111. The lowest BCUT2D eigenvalue weighted by molar-refractivity contribution is 0.206. The molecule has 0 unspecified atom stereocenters. The number of hydrogen-bond donors (Lipinski definition) is 2. The van der Waals surface area contributed by atoms with Crippen LogP contribution in [0, 0.1) is 22.2 Å². The molecular formula is C12H24N2O. The molecule has 3 nitrogen and oxygen atoms in total. The predicted molar refractivity (Wildman–Crippen MR) is 62.4 cm³/mol. The summed E-state index contributed by atoms with van der Waals surface area (Å²) in [6.45, 7) is 10.1. The Labute approximate surface area is 93.5 Å². The first-order chi connectivity index (χ1) is 6.83. The summed E-state index contributed by atoms with van der Waals surface area (Å²) >= 11 is 0. The van der Waals surface area contributed by atoms with Crippen LogP contribution in [-0.2, 0) is 0 Å². The van der Waals surface area contributed by atoms with Crippen molar-refractivity contribution in [3.05, 3.63) is 0 Å². The molecule has 0 aliphatic rings. The van der Waals surface area contributed by atoms with E-state index in [9.17, 15) is 0 Å². The molecule has 0 heterocycles. The second-order valence-electron chi connectivity index (χ2n) is 5.56. The normalized spacial score (nSPS) is 12.5. The summed E-state index contributed by atoms with van der Waals surface area (Å²) in [5.74, 6) is 0. The van der Waals surface area contributed by atoms with Gasteiger partial charge in [-0.1, -0.05) is 13.8 Å². The van der Waals surface area contributed by atoms with Crippen molar-refractivity contribution >= 4 is 0 Å². The quantitative estimate of drug-likeness (QED) is 0.634. The largest absolute Gasteiger partial charge is 0.396 e. The molecule has 3 heteroatoms. The van der Waals surface area contributed by atoms with Crippen LogP contribution in [0.5, 0.6) is 0 Å². The van der Waals surface area contributed by atoms with E-state index in [4.69, 9.17) is 10.4 Å². The van der Waals surface area contributed by atoms with Gasteiger partial charge in [-0.2, -0.15) is 5.26 Å². The second kappa shape index (κ2) is 6.09. The summed E-state index contributed by atoms with van der Waals surface area (Å²) in [6.07, 6.45) is 1.67. The maximum atomic E-state index is 8.85. The van der Waals surface area contributed by atoms with E-state index < -0.39 is 0 Å². The molecule has 0 rings (SSSR count). The number of aliphatic hydroxyl groups excluding tert-OH is 1. The van der Waals surface area contributed by atoms with Gasteiger partial charge < -0.3 is 10.4 Å². The van der Waals surface area contributed by atoms with Gasteiger partial charge in [0.2, 0.25) is 0 Å². The highest BCUT2D eigenvalue weighted by Crippen LogP contribution is 2.19. The predicted octanol–water partition coefficient (Wildman–Crippen LogP) is 1.92. The average Bonchev–Trinajstić information content (AvgIpc) is 2.13. The Bertz CT molecular complexity index is 216. The third kappa shape index (κ3) is 7.35. The fourth-order valence-electron chi connectivity index (χ4n) is 1.27. The number of nitrogens with one attached hydrogen (secondary N) is 1. The van der Waals surface area contributed by atoms with Crippen molar-refractivity contribution in [1.82, 2.24) is 5.32 Å². The molecule has 0 saturated carbocycles. The van der Waals surface area contributed by atoms with Gasteiger partial charge in [0, 0.05) is 13.2 Å². The number of rotatable bonds is 7. The molecule has 0 aromatic rings. The van der Waals surface area contributed by atoms with E-state index in [0.29, 0.717) is 0 Å². The molecule has 2 N–H and O–H groups in total. The van der Waals surface area contributed by atoms with Crippen LogP contribution < -0.4 is 5.32 Å². The highest BCUT2D eigenvalue weighted by atomic mass is 16.3. The van der Waals surface area contributed by atoms with E-state index in [1.807, 2.05) is 13.8 Å². The zero-order valence-electron chi connectivity index (χ0n) is 10.4. The fourth-order valence-corrected chi connectivity index (χ4v) is 1.27. The van der Waals surface area contributed by atoms with Crippen molar-refractivity contribution in [3.8, 4) is 6.07 Å². The molecule has 88 valence electrons. The third-order valence-corrected chi connectivity index (χ3v) is 2.62. The summed E-state index contributed by atoms with van der Waals surface area (Å²) in [6, 6.07) is 2.28. The molecular weight excluding hydrogens is 188 g/mol. The molecule has 0 amide bonds.